The van der Waals surface area contributed by atoms with Crippen molar-refractivity contribution in [2.75, 3.05) is 144 Å². The number of nitrogens with zero attached hydrogens (tertiary/aromatic N) is 5. The normalized spacial score (nSPS) is 19.6. The number of piperidine rings is 2. The van der Waals surface area contributed by atoms with Gasteiger partial charge in [0.2, 0.25) is 23.6 Å². The SMILES string of the molecule is CC.CC.CC.COc1ccc2c(c1)OC[C@H](c1ccccc1)[C@@H]2c1ccc(OCCC(OC)OC)cc1.COc1ccc2c(c1)OC[C@H](c1ccccc1)[C@@H]2c1ccc(OCCC=O)cc1.COc1ccc2c(c1)OC[C@H](c1ccccc1)[C@@H]2c1ccc(OCCCN2CCN(c3ccc4c(c3)CN(C3CCC(=O)NC3=O)C4=O)CC2)cc1.O=C1CCC(N2Cc3cc(N4CCNCC4)ccc3C2=O)C(=O)N1. The van der Waals surface area contributed by atoms with E-state index in [0.29, 0.717) is 89.5 Å². The zero-order valence-electron chi connectivity index (χ0n) is 84.1. The van der Waals surface area contributed by atoms with Crippen molar-refractivity contribution in [3.8, 4) is 51.7 Å². The fraction of sp³-hybridized carbons (Fsp3) is 0.376. The number of carbonyl (C=O) groups is 7. The van der Waals surface area contributed by atoms with Crippen LogP contribution in [0.4, 0.5) is 11.4 Å². The molecule has 0 aromatic heterocycles. The maximum atomic E-state index is 13.1. The molecule has 26 heteroatoms. The number of aldehydes is 1. The Morgan fingerprint density at radius 1 is 0.385 bits per heavy atom. The van der Waals surface area contributed by atoms with Crippen molar-refractivity contribution in [1.29, 1.82) is 0 Å². The number of hydrogen-bond donors (Lipinski definition) is 3. The van der Waals surface area contributed by atoms with Crippen molar-refractivity contribution in [3.05, 3.63) is 327 Å². The van der Waals surface area contributed by atoms with Gasteiger partial charge in [0.15, 0.2) is 6.29 Å². The number of methoxy groups -OCH3 is 5. The van der Waals surface area contributed by atoms with E-state index in [-0.39, 0.29) is 90.1 Å². The third-order valence-corrected chi connectivity index (χ3v) is 27.3. The van der Waals surface area contributed by atoms with E-state index < -0.39 is 12.1 Å². The van der Waals surface area contributed by atoms with Crippen LogP contribution in [0.5, 0.6) is 51.7 Å². The monoisotopic (exact) mass is 1940 g/mol. The lowest BCUT2D eigenvalue weighted by Gasteiger charge is -2.36. The average molecular weight is 1940 g/mol. The minimum Gasteiger partial charge on any atom is -0.497 e. The second-order valence-electron chi connectivity index (χ2n) is 35.4. The summed E-state index contributed by atoms with van der Waals surface area (Å²) in [7, 11) is 8.28. The molecule has 20 rings (SSSR count). The van der Waals surface area contributed by atoms with E-state index in [2.05, 4.69) is 188 Å². The molecule has 4 saturated heterocycles. The molecule has 2 unspecified atom stereocenters. The van der Waals surface area contributed by atoms with E-state index in [1.807, 2.05) is 139 Å². The molecule has 143 heavy (non-hydrogen) atoms. The van der Waals surface area contributed by atoms with Gasteiger partial charge in [0.25, 0.3) is 11.8 Å². The maximum absolute atomic E-state index is 13.1. The van der Waals surface area contributed by atoms with Crippen LogP contribution < -0.4 is 68.4 Å². The Kier molecular flexibility index (Phi) is 38.2. The molecule has 9 heterocycles. The molecule has 0 bridgehead atoms. The predicted molar refractivity (Wildman–Crippen MR) is 555 cm³/mol. The summed E-state index contributed by atoms with van der Waals surface area (Å²) >= 11 is 0. The molecule has 0 saturated carbocycles. The highest BCUT2D eigenvalue weighted by Gasteiger charge is 2.43. The van der Waals surface area contributed by atoms with Crippen LogP contribution in [0.2, 0.25) is 0 Å². The first-order chi connectivity index (χ1) is 70.1. The third kappa shape index (κ3) is 25.9. The van der Waals surface area contributed by atoms with Gasteiger partial charge in [-0.3, -0.25) is 44.3 Å². The first kappa shape index (κ1) is 105. The molecular formula is C117H136N8O18. The van der Waals surface area contributed by atoms with Gasteiger partial charge in [0.1, 0.15) is 70.1 Å². The van der Waals surface area contributed by atoms with Crippen LogP contribution in [0.3, 0.4) is 0 Å². The number of ether oxygens (including phenoxy) is 11. The zero-order chi connectivity index (χ0) is 101. The topological polar surface area (TPSA) is 273 Å². The number of nitrogens with one attached hydrogen (secondary N) is 3. The smallest absolute Gasteiger partial charge is 0.255 e. The molecule has 0 radical (unpaired) electrons. The van der Waals surface area contributed by atoms with Gasteiger partial charge in [0, 0.05) is 205 Å². The Morgan fingerprint density at radius 2 is 0.741 bits per heavy atom. The van der Waals surface area contributed by atoms with Gasteiger partial charge in [-0.05, 0) is 155 Å². The van der Waals surface area contributed by atoms with Crippen molar-refractivity contribution in [3.63, 3.8) is 0 Å². The molecule has 11 aromatic rings. The highest BCUT2D eigenvalue weighted by Crippen LogP contribution is 2.51. The summed E-state index contributed by atoms with van der Waals surface area (Å²) < 4.78 is 63.0. The second-order valence-corrected chi connectivity index (χ2v) is 35.4. The van der Waals surface area contributed by atoms with Gasteiger partial charge in [-0.25, -0.2) is 0 Å². The van der Waals surface area contributed by atoms with Crippen molar-refractivity contribution in [1.82, 2.24) is 30.7 Å². The molecule has 752 valence electrons. The summed E-state index contributed by atoms with van der Waals surface area (Å²) in [5.74, 6) is 7.05. The second kappa shape index (κ2) is 52.1. The van der Waals surface area contributed by atoms with E-state index >= 15 is 0 Å². The van der Waals surface area contributed by atoms with E-state index in [4.69, 9.17) is 52.1 Å². The Morgan fingerprint density at radius 3 is 1.10 bits per heavy atom. The van der Waals surface area contributed by atoms with Crippen LogP contribution in [-0.2, 0) is 46.5 Å². The van der Waals surface area contributed by atoms with Crippen LogP contribution in [0.1, 0.15) is 204 Å². The molecule has 11 aromatic carbocycles. The number of carbonyl (C=O) groups excluding carboxylic acids is 7. The van der Waals surface area contributed by atoms with E-state index in [9.17, 15) is 33.6 Å². The molecule has 6 amide bonds. The van der Waals surface area contributed by atoms with Crippen molar-refractivity contribution < 1.29 is 85.7 Å². The first-order valence-electron chi connectivity index (χ1n) is 50.3. The van der Waals surface area contributed by atoms with Crippen LogP contribution in [0, 0.1) is 0 Å². The lowest BCUT2D eigenvalue weighted by atomic mass is 9.76. The van der Waals surface area contributed by atoms with Crippen molar-refractivity contribution in [2.45, 2.75) is 153 Å². The Balaban J connectivity index is 0.000000155. The fourth-order valence-corrected chi connectivity index (χ4v) is 20.0. The number of anilines is 2. The minimum atomic E-state index is -0.596. The van der Waals surface area contributed by atoms with E-state index in [0.717, 1.165) is 157 Å². The molecule has 26 nitrogen and oxygen atoms in total. The number of hydrogen-bond acceptors (Lipinski definition) is 22. The molecule has 9 aliphatic rings. The van der Waals surface area contributed by atoms with Crippen LogP contribution in [0.25, 0.3) is 0 Å². The standard InChI is InChI=1S/C42H44N4O6.C27H30O5.C25H24O4.C17H20N4O3.3C2H6/c1-50-33-13-15-35-38(25-33)52-27-36(28-6-3-2-4-7-28)40(35)29-8-11-32(12-9-29)51-23-5-18-44-19-21-45(22-20-44)31-10-14-34-30(24-31)26-46(42(34)49)37-16-17-39(47)43-41(37)48;1-28-22-13-14-23-25(17-22)32-18-24(19-7-5-4-6-8-19)27(23)20-9-11-21(12-10-20)31-16-15-26(29-2)30-3;1-27-21-12-13-22-24(16-21)29-17-23(18-6-3-2-4-7-18)25(22)19-8-10-20(11-9-19)28-15-5-14-26;22-15-4-3-14(16(23)19-15)21-10-11-9-12(1-2-13(11)17(21)24)20-7-5-18-6-8-20;3*1-2/h2-4,6-15,24-25,36-37,40H,5,16-23,26-27H2,1H3,(H,43,47,48);4-14,17,24,26-27H,15-16,18H2,1-3H3;2-4,6-14,16,23,25H,5,15,17H2,1H3;1-2,9,14,18H,3-8,10H2,(H,19,22,23);3*1-2H3/t36-,37?,40-;24-,27-;23-,25-;;;;/m111..../s1. The van der Waals surface area contributed by atoms with E-state index in [1.54, 1.807) is 45.3 Å². The highest BCUT2D eigenvalue weighted by molar-refractivity contribution is 6.07. The number of fused-ring (bicyclic) bond motifs is 5. The highest BCUT2D eigenvalue weighted by atomic mass is 16.7. The number of imide groups is 2. The van der Waals surface area contributed by atoms with Crippen LogP contribution >= 0.6 is 0 Å². The Bertz CT molecular complexity index is 6000. The molecule has 0 spiro atoms. The minimum absolute atomic E-state index is 0.119. The number of piperazine rings is 2. The van der Waals surface area contributed by atoms with Crippen molar-refractivity contribution >= 4 is 53.1 Å². The lowest BCUT2D eigenvalue weighted by molar-refractivity contribution is -0.138. The molecule has 9 aliphatic heterocycles. The van der Waals surface area contributed by atoms with Gasteiger partial charge < -0.3 is 81.8 Å². The summed E-state index contributed by atoms with van der Waals surface area (Å²) in [5, 5.41) is 8.03. The molecule has 0 aliphatic carbocycles. The largest absolute Gasteiger partial charge is 0.497 e. The summed E-state index contributed by atoms with van der Waals surface area (Å²) in [6, 6.07) is 85.7. The van der Waals surface area contributed by atoms with Gasteiger partial charge in [-0.1, -0.05) is 187 Å². The van der Waals surface area contributed by atoms with Gasteiger partial charge >= 0.3 is 0 Å². The molecule has 3 N–H and O–H groups in total. The molecule has 8 atom stereocenters. The Labute approximate surface area is 840 Å². The van der Waals surface area contributed by atoms with Crippen LogP contribution in [-0.4, -0.2) is 209 Å². The van der Waals surface area contributed by atoms with E-state index in [1.165, 1.54) is 38.9 Å². The molecule has 4 fully saturated rings. The van der Waals surface area contributed by atoms with Gasteiger partial charge in [-0.2, -0.15) is 0 Å². The average Bonchev–Trinajstić information content (AvgIpc) is 1.67. The quantitative estimate of drug-likeness (QED) is 0.0178. The first-order valence-corrected chi connectivity index (χ1v) is 50.3. The number of rotatable bonds is 28. The summed E-state index contributed by atoms with van der Waals surface area (Å²) in [4.78, 5) is 93.9. The summed E-state index contributed by atoms with van der Waals surface area (Å²) in [6.07, 6.45) is 3.91. The number of amides is 6. The lowest BCUT2D eigenvalue weighted by Crippen LogP contribution is -2.52. The Hall–Kier alpha value is -14.1. The summed E-state index contributed by atoms with van der Waals surface area (Å²) in [6.45, 7) is 24.7. The number of benzene rings is 11. The van der Waals surface area contributed by atoms with Gasteiger partial charge in [0.05, 0.1) is 61.0 Å². The predicted octanol–water partition coefficient (Wildman–Crippen LogP) is 18.7. The van der Waals surface area contributed by atoms with Crippen LogP contribution in [0.15, 0.2) is 255 Å². The molecular weight excluding hydrogens is 1810 g/mol. The zero-order valence-corrected chi connectivity index (χ0v) is 84.1. The third-order valence-electron chi connectivity index (χ3n) is 27.3. The maximum Gasteiger partial charge on any atom is 0.255 e. The summed E-state index contributed by atoms with van der Waals surface area (Å²) in [5.41, 5.74) is 16.4. The fourth-order valence-electron chi connectivity index (χ4n) is 20.0. The van der Waals surface area contributed by atoms with Crippen molar-refractivity contribution in [2.24, 2.45) is 0 Å². The van der Waals surface area contributed by atoms with Gasteiger partial charge in [-0.15, -0.1) is 0 Å².